The van der Waals surface area contributed by atoms with Crippen molar-refractivity contribution in [2.24, 2.45) is 0 Å². The summed E-state index contributed by atoms with van der Waals surface area (Å²) in [6, 6.07) is 11.3. The number of carbonyl (C=O) groups excluding carboxylic acids is 2. The summed E-state index contributed by atoms with van der Waals surface area (Å²) in [5, 5.41) is 0. The van der Waals surface area contributed by atoms with E-state index in [4.69, 9.17) is 0 Å². The highest BCUT2D eigenvalue weighted by atomic mass is 16.1. The van der Waals surface area contributed by atoms with E-state index in [9.17, 15) is 9.59 Å². The Kier molecular flexibility index (Phi) is 3.40. The highest BCUT2D eigenvalue weighted by Gasteiger charge is 2.17. The van der Waals surface area contributed by atoms with Crippen molar-refractivity contribution in [3.05, 3.63) is 59.3 Å². The van der Waals surface area contributed by atoms with Gasteiger partial charge in [0.15, 0.2) is 6.29 Å². The van der Waals surface area contributed by atoms with Crippen LogP contribution in [-0.4, -0.2) is 19.1 Å². The molecule has 0 N–H and O–H groups in total. The standard InChI is InChI=1S/C18H15NO2/c1-2-19-9-8-15-14(12-21)4-3-5-16(15)17-10-13(11-20)6-7-18(17)19/h3-12H,2H2,1H3. The van der Waals surface area contributed by atoms with Gasteiger partial charge in [-0.05, 0) is 42.3 Å². The molecule has 0 fully saturated rings. The molecule has 2 aromatic carbocycles. The van der Waals surface area contributed by atoms with Gasteiger partial charge in [-0.3, -0.25) is 9.59 Å². The first-order valence-electron chi connectivity index (χ1n) is 6.91. The molecule has 0 aliphatic carbocycles. The van der Waals surface area contributed by atoms with E-state index in [0.717, 1.165) is 41.5 Å². The lowest BCUT2D eigenvalue weighted by Gasteiger charge is -2.20. The van der Waals surface area contributed by atoms with Crippen molar-refractivity contribution < 1.29 is 9.59 Å². The molecule has 0 amide bonds. The fourth-order valence-electron chi connectivity index (χ4n) is 2.72. The van der Waals surface area contributed by atoms with Crippen LogP contribution in [0.4, 0.5) is 5.69 Å². The van der Waals surface area contributed by atoms with Crippen LogP contribution in [0, 0.1) is 0 Å². The van der Waals surface area contributed by atoms with Crippen LogP contribution in [0.25, 0.3) is 17.2 Å². The predicted molar refractivity (Wildman–Crippen MR) is 84.7 cm³/mol. The molecule has 1 aliphatic heterocycles. The molecule has 1 heterocycles. The Morgan fingerprint density at radius 3 is 2.62 bits per heavy atom. The molecular weight excluding hydrogens is 262 g/mol. The average molecular weight is 277 g/mol. The molecule has 3 rings (SSSR count). The molecule has 3 heteroatoms. The zero-order chi connectivity index (χ0) is 14.8. The number of hydrogen-bond donors (Lipinski definition) is 0. The second kappa shape index (κ2) is 5.37. The average Bonchev–Trinajstić information content (AvgIpc) is 2.70. The van der Waals surface area contributed by atoms with E-state index < -0.39 is 0 Å². The van der Waals surface area contributed by atoms with Gasteiger partial charge in [0.05, 0.1) is 0 Å². The third kappa shape index (κ3) is 2.17. The van der Waals surface area contributed by atoms with Gasteiger partial charge in [0.1, 0.15) is 6.29 Å². The minimum atomic E-state index is 0.633. The first-order chi connectivity index (χ1) is 10.3. The number of benzene rings is 2. The molecule has 3 nitrogen and oxygen atoms in total. The summed E-state index contributed by atoms with van der Waals surface area (Å²) in [7, 11) is 0. The lowest BCUT2D eigenvalue weighted by atomic mass is 9.94. The SMILES string of the molecule is CCN1C=Cc2c(C=O)cccc2-c2cc(C=O)ccc21. The molecule has 104 valence electrons. The molecular formula is C18H15NO2. The third-order valence-corrected chi connectivity index (χ3v) is 3.78. The predicted octanol–water partition coefficient (Wildman–Crippen LogP) is 3.79. The minimum absolute atomic E-state index is 0.633. The molecule has 2 aromatic rings. The Hall–Kier alpha value is -2.68. The van der Waals surface area contributed by atoms with Gasteiger partial charge in [0.2, 0.25) is 0 Å². The largest absolute Gasteiger partial charge is 0.348 e. The van der Waals surface area contributed by atoms with Crippen LogP contribution in [0.5, 0.6) is 0 Å². The van der Waals surface area contributed by atoms with Crippen LogP contribution in [0.1, 0.15) is 33.2 Å². The van der Waals surface area contributed by atoms with E-state index in [-0.39, 0.29) is 0 Å². The van der Waals surface area contributed by atoms with E-state index in [1.807, 2.05) is 42.6 Å². The Balaban J connectivity index is 2.35. The zero-order valence-corrected chi connectivity index (χ0v) is 11.7. The molecule has 0 saturated heterocycles. The Morgan fingerprint density at radius 1 is 1.05 bits per heavy atom. The Labute approximate surface area is 123 Å². The van der Waals surface area contributed by atoms with Gasteiger partial charge in [-0.1, -0.05) is 18.2 Å². The van der Waals surface area contributed by atoms with E-state index >= 15 is 0 Å². The maximum atomic E-state index is 11.3. The minimum Gasteiger partial charge on any atom is -0.348 e. The van der Waals surface area contributed by atoms with Crippen molar-refractivity contribution >= 4 is 24.3 Å². The molecule has 0 saturated carbocycles. The van der Waals surface area contributed by atoms with Gasteiger partial charge >= 0.3 is 0 Å². The van der Waals surface area contributed by atoms with Crippen LogP contribution in [0.2, 0.25) is 0 Å². The second-order valence-corrected chi connectivity index (χ2v) is 4.92. The molecule has 0 bridgehead atoms. The summed E-state index contributed by atoms with van der Waals surface area (Å²) in [5.74, 6) is 0. The van der Waals surface area contributed by atoms with Crippen LogP contribution in [0.3, 0.4) is 0 Å². The normalized spacial score (nSPS) is 12.3. The van der Waals surface area contributed by atoms with E-state index in [2.05, 4.69) is 11.8 Å². The number of anilines is 1. The first kappa shape index (κ1) is 13.3. The Bertz CT molecular complexity index is 747. The van der Waals surface area contributed by atoms with Gasteiger partial charge in [0.25, 0.3) is 0 Å². The maximum Gasteiger partial charge on any atom is 0.150 e. The number of hydrogen-bond acceptors (Lipinski definition) is 3. The summed E-state index contributed by atoms with van der Waals surface area (Å²) in [5.41, 5.74) is 5.18. The highest BCUT2D eigenvalue weighted by Crippen LogP contribution is 2.38. The molecule has 0 spiro atoms. The molecule has 0 radical (unpaired) electrons. The van der Waals surface area contributed by atoms with Gasteiger partial charge in [-0.15, -0.1) is 0 Å². The van der Waals surface area contributed by atoms with Crippen LogP contribution < -0.4 is 4.90 Å². The second-order valence-electron chi connectivity index (χ2n) is 4.92. The van der Waals surface area contributed by atoms with Crippen molar-refractivity contribution in [1.29, 1.82) is 0 Å². The summed E-state index contributed by atoms with van der Waals surface area (Å²) in [6.07, 6.45) is 5.66. The van der Waals surface area contributed by atoms with Crippen molar-refractivity contribution in [3.8, 4) is 11.1 Å². The smallest absolute Gasteiger partial charge is 0.150 e. The third-order valence-electron chi connectivity index (χ3n) is 3.78. The van der Waals surface area contributed by atoms with Crippen molar-refractivity contribution in [2.45, 2.75) is 6.92 Å². The number of carbonyl (C=O) groups is 2. The molecule has 0 aromatic heterocycles. The quantitative estimate of drug-likeness (QED) is 0.801. The van der Waals surface area contributed by atoms with Gasteiger partial charge in [-0.25, -0.2) is 0 Å². The first-order valence-corrected chi connectivity index (χ1v) is 6.91. The molecule has 1 aliphatic rings. The van der Waals surface area contributed by atoms with Crippen molar-refractivity contribution in [3.63, 3.8) is 0 Å². The highest BCUT2D eigenvalue weighted by molar-refractivity contribution is 5.95. The van der Waals surface area contributed by atoms with Crippen molar-refractivity contribution in [1.82, 2.24) is 0 Å². The topological polar surface area (TPSA) is 37.4 Å². The van der Waals surface area contributed by atoms with Crippen LogP contribution in [0.15, 0.2) is 42.6 Å². The summed E-state index contributed by atoms with van der Waals surface area (Å²) in [6.45, 7) is 2.88. The van der Waals surface area contributed by atoms with E-state index in [0.29, 0.717) is 11.1 Å². The molecule has 0 unspecified atom stereocenters. The number of aldehydes is 2. The lowest BCUT2D eigenvalue weighted by molar-refractivity contribution is 0.111. The van der Waals surface area contributed by atoms with Crippen molar-refractivity contribution in [2.75, 3.05) is 11.4 Å². The summed E-state index contributed by atoms with van der Waals surface area (Å²) >= 11 is 0. The Morgan fingerprint density at radius 2 is 1.90 bits per heavy atom. The van der Waals surface area contributed by atoms with Crippen LogP contribution in [-0.2, 0) is 0 Å². The van der Waals surface area contributed by atoms with Gasteiger partial charge in [-0.2, -0.15) is 0 Å². The number of fused-ring (bicyclic) bond motifs is 3. The number of rotatable bonds is 3. The van der Waals surface area contributed by atoms with E-state index in [1.54, 1.807) is 6.07 Å². The fraction of sp³-hybridized carbons (Fsp3) is 0.111. The zero-order valence-electron chi connectivity index (χ0n) is 11.7. The molecule has 0 atom stereocenters. The summed E-state index contributed by atoms with van der Waals surface area (Å²) < 4.78 is 0. The maximum absolute atomic E-state index is 11.3. The lowest BCUT2D eigenvalue weighted by Crippen LogP contribution is -2.14. The van der Waals surface area contributed by atoms with E-state index in [1.165, 1.54) is 0 Å². The fourth-order valence-corrected chi connectivity index (χ4v) is 2.72. The van der Waals surface area contributed by atoms with Crippen LogP contribution >= 0.6 is 0 Å². The van der Waals surface area contributed by atoms with Gasteiger partial charge < -0.3 is 4.90 Å². The number of nitrogens with zero attached hydrogens (tertiary/aromatic N) is 1. The molecule has 21 heavy (non-hydrogen) atoms. The monoisotopic (exact) mass is 277 g/mol. The summed E-state index contributed by atoms with van der Waals surface area (Å²) in [4.78, 5) is 24.5. The van der Waals surface area contributed by atoms with Gasteiger partial charge in [0, 0.05) is 35.1 Å².